The van der Waals surface area contributed by atoms with Crippen molar-refractivity contribution in [1.29, 1.82) is 0 Å². The van der Waals surface area contributed by atoms with Crippen molar-refractivity contribution in [2.75, 3.05) is 11.9 Å². The molecular weight excluding hydrogens is 222 g/mol. The van der Waals surface area contributed by atoms with Gasteiger partial charge in [-0.3, -0.25) is 5.32 Å². The molecule has 0 radical (unpaired) electrons. The highest BCUT2D eigenvalue weighted by atomic mass is 16.3. The summed E-state index contributed by atoms with van der Waals surface area (Å²) in [5.74, 6) is 0.759. The monoisotopic (exact) mass is 241 g/mol. The molecule has 1 aromatic rings. The van der Waals surface area contributed by atoms with Gasteiger partial charge in [-0.15, -0.1) is 0 Å². The van der Waals surface area contributed by atoms with Crippen LogP contribution in [0.2, 0.25) is 0 Å². The van der Waals surface area contributed by atoms with Crippen LogP contribution in [0, 0.1) is 5.92 Å². The smallest absolute Gasteiger partial charge is 0.321 e. The van der Waals surface area contributed by atoms with Crippen LogP contribution in [0.4, 0.5) is 10.7 Å². The summed E-state index contributed by atoms with van der Waals surface area (Å²) in [7, 11) is 1.68. The minimum Gasteiger partial charge on any atom is -0.391 e. The minimum atomic E-state index is -0.528. The molecule has 7 nitrogen and oxygen atoms in total. The van der Waals surface area contributed by atoms with Crippen molar-refractivity contribution >= 4 is 12.0 Å². The average Bonchev–Trinajstić information content (AvgIpc) is 2.61. The van der Waals surface area contributed by atoms with Gasteiger partial charge in [0.2, 0.25) is 5.95 Å². The topological polar surface area (TPSA) is 92.1 Å². The van der Waals surface area contributed by atoms with Crippen LogP contribution in [-0.4, -0.2) is 38.6 Å². The van der Waals surface area contributed by atoms with Gasteiger partial charge in [-0.2, -0.15) is 10.1 Å². The Morgan fingerprint density at radius 1 is 1.59 bits per heavy atom. The van der Waals surface area contributed by atoms with Crippen LogP contribution in [0.3, 0.4) is 0 Å². The molecule has 0 saturated carbocycles. The van der Waals surface area contributed by atoms with Gasteiger partial charge in [0.25, 0.3) is 0 Å². The third kappa shape index (κ3) is 4.81. The first kappa shape index (κ1) is 13.4. The van der Waals surface area contributed by atoms with Gasteiger partial charge >= 0.3 is 6.03 Å². The molecule has 0 aliphatic rings. The van der Waals surface area contributed by atoms with Crippen molar-refractivity contribution < 1.29 is 9.90 Å². The van der Waals surface area contributed by atoms with Crippen molar-refractivity contribution in [2.24, 2.45) is 13.0 Å². The van der Waals surface area contributed by atoms with Crippen LogP contribution in [0.1, 0.15) is 20.3 Å². The number of carbonyl (C=O) groups excluding carboxylic acids is 1. The third-order valence-corrected chi connectivity index (χ3v) is 2.18. The molecule has 1 atom stereocenters. The molecule has 0 spiro atoms. The van der Waals surface area contributed by atoms with E-state index in [-0.39, 0.29) is 6.54 Å². The number of anilines is 1. The summed E-state index contributed by atoms with van der Waals surface area (Å²) in [6, 6.07) is -0.399. The molecular formula is C10H19N5O2. The summed E-state index contributed by atoms with van der Waals surface area (Å²) >= 11 is 0. The second kappa shape index (κ2) is 6.19. The highest BCUT2D eigenvalue weighted by Crippen LogP contribution is 2.03. The van der Waals surface area contributed by atoms with E-state index in [0.717, 1.165) is 0 Å². The van der Waals surface area contributed by atoms with Crippen LogP contribution in [-0.2, 0) is 7.05 Å². The van der Waals surface area contributed by atoms with Crippen LogP contribution in [0.25, 0.3) is 0 Å². The maximum absolute atomic E-state index is 11.4. The first-order valence-corrected chi connectivity index (χ1v) is 5.56. The van der Waals surface area contributed by atoms with E-state index in [1.807, 2.05) is 13.8 Å². The Kier molecular flexibility index (Phi) is 4.89. The molecule has 0 aromatic carbocycles. The Hall–Kier alpha value is -1.63. The van der Waals surface area contributed by atoms with Gasteiger partial charge in [0.1, 0.15) is 6.33 Å². The minimum absolute atomic E-state index is 0.224. The van der Waals surface area contributed by atoms with Gasteiger partial charge in [-0.25, -0.2) is 9.48 Å². The Balaban J connectivity index is 2.28. The molecule has 3 N–H and O–H groups in total. The molecule has 1 aromatic heterocycles. The average molecular weight is 241 g/mol. The second-order valence-corrected chi connectivity index (χ2v) is 4.33. The fourth-order valence-corrected chi connectivity index (χ4v) is 1.39. The highest BCUT2D eigenvalue weighted by molar-refractivity contribution is 5.87. The number of nitrogens with one attached hydrogen (secondary N) is 2. The van der Waals surface area contributed by atoms with E-state index in [9.17, 15) is 9.90 Å². The van der Waals surface area contributed by atoms with Crippen LogP contribution in [0.15, 0.2) is 6.33 Å². The van der Waals surface area contributed by atoms with Crippen LogP contribution >= 0.6 is 0 Å². The van der Waals surface area contributed by atoms with E-state index in [1.54, 1.807) is 7.05 Å². The number of carbonyl (C=O) groups is 1. The number of hydrogen-bond donors (Lipinski definition) is 3. The summed E-state index contributed by atoms with van der Waals surface area (Å²) in [6.07, 6.45) is 1.48. The van der Waals surface area contributed by atoms with Gasteiger partial charge < -0.3 is 10.4 Å². The quantitative estimate of drug-likeness (QED) is 0.693. The number of hydrogen-bond acceptors (Lipinski definition) is 4. The maximum Gasteiger partial charge on any atom is 0.321 e. The molecule has 1 heterocycles. The zero-order valence-electron chi connectivity index (χ0n) is 10.3. The van der Waals surface area contributed by atoms with Crippen LogP contribution < -0.4 is 10.6 Å². The summed E-state index contributed by atoms with van der Waals surface area (Å²) in [6.45, 7) is 4.26. The molecule has 17 heavy (non-hydrogen) atoms. The summed E-state index contributed by atoms with van der Waals surface area (Å²) < 4.78 is 1.45. The predicted molar refractivity (Wildman–Crippen MR) is 63.5 cm³/mol. The Morgan fingerprint density at radius 3 is 2.82 bits per heavy atom. The summed E-state index contributed by atoms with van der Waals surface area (Å²) in [5.41, 5.74) is 0. The Bertz CT molecular complexity index is 363. The van der Waals surface area contributed by atoms with Crippen molar-refractivity contribution in [2.45, 2.75) is 26.4 Å². The molecule has 0 bridgehead atoms. The van der Waals surface area contributed by atoms with Crippen molar-refractivity contribution in [3.63, 3.8) is 0 Å². The Labute approximate surface area is 100 Å². The van der Waals surface area contributed by atoms with Crippen molar-refractivity contribution in [3.8, 4) is 0 Å². The lowest BCUT2D eigenvalue weighted by molar-refractivity contribution is 0.148. The number of urea groups is 1. The number of aliphatic hydroxyl groups is 1. The fourth-order valence-electron chi connectivity index (χ4n) is 1.39. The van der Waals surface area contributed by atoms with E-state index in [0.29, 0.717) is 18.3 Å². The molecule has 1 rings (SSSR count). The predicted octanol–water partition coefficient (Wildman–Crippen LogP) is 0.344. The van der Waals surface area contributed by atoms with E-state index in [1.165, 1.54) is 11.0 Å². The molecule has 96 valence electrons. The molecule has 1 unspecified atom stereocenters. The lowest BCUT2D eigenvalue weighted by atomic mass is 10.1. The molecule has 0 aliphatic carbocycles. The zero-order chi connectivity index (χ0) is 12.8. The van der Waals surface area contributed by atoms with Gasteiger partial charge in [-0.1, -0.05) is 13.8 Å². The molecule has 0 aliphatic heterocycles. The van der Waals surface area contributed by atoms with Crippen molar-refractivity contribution in [3.05, 3.63) is 6.33 Å². The number of aliphatic hydroxyl groups excluding tert-OH is 1. The number of aromatic nitrogens is 3. The number of nitrogens with zero attached hydrogens (tertiary/aromatic N) is 3. The summed E-state index contributed by atoms with van der Waals surface area (Å²) in [5, 5.41) is 18.5. The van der Waals surface area contributed by atoms with Crippen LogP contribution in [0.5, 0.6) is 0 Å². The first-order valence-electron chi connectivity index (χ1n) is 5.56. The third-order valence-electron chi connectivity index (χ3n) is 2.18. The van der Waals surface area contributed by atoms with Gasteiger partial charge in [-0.05, 0) is 12.3 Å². The van der Waals surface area contributed by atoms with Gasteiger partial charge in [0.05, 0.1) is 6.10 Å². The fraction of sp³-hybridized carbons (Fsp3) is 0.700. The standard InChI is InChI=1S/C10H19N5O2/c1-7(2)4-8(16)5-11-10(17)14-9-12-6-13-15(9)3/h6-8,16H,4-5H2,1-3H3,(H2,11,12,13,14,17). The highest BCUT2D eigenvalue weighted by Gasteiger charge is 2.10. The van der Waals surface area contributed by atoms with E-state index >= 15 is 0 Å². The van der Waals surface area contributed by atoms with Crippen molar-refractivity contribution in [1.82, 2.24) is 20.1 Å². The molecule has 2 amide bonds. The van der Waals surface area contributed by atoms with Gasteiger partial charge in [0, 0.05) is 13.6 Å². The molecule has 0 saturated heterocycles. The Morgan fingerprint density at radius 2 is 2.29 bits per heavy atom. The lowest BCUT2D eigenvalue weighted by Crippen LogP contribution is -2.36. The maximum atomic E-state index is 11.4. The number of aryl methyl sites for hydroxylation is 1. The second-order valence-electron chi connectivity index (χ2n) is 4.33. The van der Waals surface area contributed by atoms with E-state index in [4.69, 9.17) is 0 Å². The van der Waals surface area contributed by atoms with E-state index in [2.05, 4.69) is 20.7 Å². The normalized spacial score (nSPS) is 12.5. The van der Waals surface area contributed by atoms with Gasteiger partial charge in [0.15, 0.2) is 0 Å². The SMILES string of the molecule is CC(C)CC(O)CNC(=O)Nc1ncnn1C. The first-order chi connectivity index (χ1) is 7.99. The van der Waals surface area contributed by atoms with E-state index < -0.39 is 12.1 Å². The number of rotatable bonds is 5. The zero-order valence-corrected chi connectivity index (χ0v) is 10.3. The largest absolute Gasteiger partial charge is 0.391 e. The summed E-state index contributed by atoms with van der Waals surface area (Å²) in [4.78, 5) is 15.3. The molecule has 0 fully saturated rings. The molecule has 7 heteroatoms. The number of amides is 2. The lowest BCUT2D eigenvalue weighted by Gasteiger charge is -2.13.